The smallest absolute Gasteiger partial charge is 0.203 e. The molecule has 0 radical (unpaired) electrons. The first-order chi connectivity index (χ1) is 11.5. The number of methoxy groups -OCH3 is 3. The average molecular weight is 332 g/mol. The molecule has 0 atom stereocenters. The van der Waals surface area contributed by atoms with E-state index in [0.717, 1.165) is 18.2 Å². The normalized spacial score (nSPS) is 10.7. The maximum absolute atomic E-state index is 13.2. The van der Waals surface area contributed by atoms with Crippen LogP contribution in [0.2, 0.25) is 0 Å². The van der Waals surface area contributed by atoms with Crippen LogP contribution in [0.15, 0.2) is 36.4 Å². The fourth-order valence-corrected chi connectivity index (χ4v) is 2.16. The highest BCUT2D eigenvalue weighted by Crippen LogP contribution is 2.38. The third kappa shape index (κ3) is 3.65. The molecule has 0 spiro atoms. The van der Waals surface area contributed by atoms with E-state index in [1.165, 1.54) is 33.5 Å². The number of halogens is 1. The van der Waals surface area contributed by atoms with E-state index < -0.39 is 11.6 Å². The Morgan fingerprint density at radius 1 is 1.04 bits per heavy atom. The van der Waals surface area contributed by atoms with Crippen molar-refractivity contribution < 1.29 is 28.5 Å². The molecule has 0 unspecified atom stereocenters. The molecule has 0 aromatic heterocycles. The van der Waals surface area contributed by atoms with Crippen molar-refractivity contribution in [2.24, 2.45) is 0 Å². The number of allylic oxidation sites excluding steroid dienone is 1. The van der Waals surface area contributed by atoms with Gasteiger partial charge in [0.1, 0.15) is 11.6 Å². The van der Waals surface area contributed by atoms with Crippen LogP contribution in [0.5, 0.6) is 23.0 Å². The summed E-state index contributed by atoms with van der Waals surface area (Å²) >= 11 is 0. The zero-order valence-electron chi connectivity index (χ0n) is 13.5. The van der Waals surface area contributed by atoms with E-state index >= 15 is 0 Å². The summed E-state index contributed by atoms with van der Waals surface area (Å²) in [7, 11) is 4.47. The second kappa shape index (κ2) is 7.50. The summed E-state index contributed by atoms with van der Waals surface area (Å²) in [4.78, 5) is 12.1. The van der Waals surface area contributed by atoms with Crippen LogP contribution in [0, 0.1) is 5.82 Å². The quantitative estimate of drug-likeness (QED) is 0.648. The van der Waals surface area contributed by atoms with Crippen LogP contribution < -0.4 is 14.2 Å². The largest absolute Gasteiger partial charge is 0.507 e. The molecule has 0 saturated heterocycles. The lowest BCUT2D eigenvalue weighted by Crippen LogP contribution is -1.97. The van der Waals surface area contributed by atoms with Gasteiger partial charge in [0.2, 0.25) is 5.75 Å². The summed E-state index contributed by atoms with van der Waals surface area (Å²) in [6.07, 6.45) is 2.74. The van der Waals surface area contributed by atoms with E-state index in [-0.39, 0.29) is 11.3 Å². The molecule has 0 saturated carbocycles. The zero-order chi connectivity index (χ0) is 17.7. The molecule has 6 heteroatoms. The lowest BCUT2D eigenvalue weighted by atomic mass is 10.1. The van der Waals surface area contributed by atoms with E-state index in [2.05, 4.69) is 0 Å². The maximum Gasteiger partial charge on any atom is 0.203 e. The Hall–Kier alpha value is -3.02. The molecular formula is C18H17FO5. The molecule has 2 aromatic rings. The van der Waals surface area contributed by atoms with Gasteiger partial charge in [-0.1, -0.05) is 6.08 Å². The molecule has 0 aliphatic carbocycles. The van der Waals surface area contributed by atoms with Crippen molar-refractivity contribution in [1.29, 1.82) is 0 Å². The second-order valence-corrected chi connectivity index (χ2v) is 4.82. The number of carbonyl (C=O) groups is 1. The number of hydrogen-bond acceptors (Lipinski definition) is 5. The predicted octanol–water partition coefficient (Wildman–Crippen LogP) is 3.45. The Bertz CT molecular complexity index is 758. The fourth-order valence-electron chi connectivity index (χ4n) is 2.16. The van der Waals surface area contributed by atoms with Gasteiger partial charge >= 0.3 is 0 Å². The average Bonchev–Trinajstić information content (AvgIpc) is 2.60. The summed E-state index contributed by atoms with van der Waals surface area (Å²) < 4.78 is 28.9. The van der Waals surface area contributed by atoms with E-state index in [9.17, 15) is 14.3 Å². The molecule has 126 valence electrons. The number of ether oxygens (including phenoxy) is 3. The van der Waals surface area contributed by atoms with Crippen molar-refractivity contribution in [2.45, 2.75) is 0 Å². The molecule has 0 fully saturated rings. The Morgan fingerprint density at radius 3 is 2.21 bits per heavy atom. The summed E-state index contributed by atoms with van der Waals surface area (Å²) in [5, 5.41) is 9.66. The molecule has 0 aliphatic rings. The predicted molar refractivity (Wildman–Crippen MR) is 87.5 cm³/mol. The highest BCUT2D eigenvalue weighted by Gasteiger charge is 2.13. The number of ketones is 1. The summed E-state index contributed by atoms with van der Waals surface area (Å²) in [5.41, 5.74) is 0.507. The van der Waals surface area contributed by atoms with Crippen LogP contribution in [0.3, 0.4) is 0 Å². The van der Waals surface area contributed by atoms with Gasteiger partial charge in [0.15, 0.2) is 17.3 Å². The van der Waals surface area contributed by atoms with Gasteiger partial charge in [-0.15, -0.1) is 0 Å². The SMILES string of the molecule is COc1cc(C=CC(=O)c2cc(F)ccc2O)cc(OC)c1OC. The Balaban J connectivity index is 2.34. The molecule has 5 nitrogen and oxygen atoms in total. The van der Waals surface area contributed by atoms with Crippen LogP contribution >= 0.6 is 0 Å². The van der Waals surface area contributed by atoms with Crippen molar-refractivity contribution in [1.82, 2.24) is 0 Å². The maximum atomic E-state index is 13.2. The standard InChI is InChI=1S/C18H17FO5/c1-22-16-8-11(9-17(23-2)18(16)24-3)4-6-14(20)13-10-12(19)5-7-15(13)21/h4-10,21H,1-3H3. The van der Waals surface area contributed by atoms with E-state index in [4.69, 9.17) is 14.2 Å². The van der Waals surface area contributed by atoms with E-state index in [1.54, 1.807) is 12.1 Å². The third-order valence-corrected chi connectivity index (χ3v) is 3.34. The number of aromatic hydroxyl groups is 1. The van der Waals surface area contributed by atoms with Crippen LogP contribution in [0.25, 0.3) is 6.08 Å². The number of hydrogen-bond donors (Lipinski definition) is 1. The van der Waals surface area contributed by atoms with Crippen LogP contribution in [0.1, 0.15) is 15.9 Å². The number of benzene rings is 2. The van der Waals surface area contributed by atoms with Gasteiger partial charge in [0, 0.05) is 0 Å². The van der Waals surface area contributed by atoms with Gasteiger partial charge in [0.05, 0.1) is 26.9 Å². The monoisotopic (exact) mass is 332 g/mol. The minimum absolute atomic E-state index is 0.112. The van der Waals surface area contributed by atoms with Gasteiger partial charge in [-0.25, -0.2) is 4.39 Å². The second-order valence-electron chi connectivity index (χ2n) is 4.82. The fraction of sp³-hybridized carbons (Fsp3) is 0.167. The van der Waals surface area contributed by atoms with Gasteiger partial charge in [-0.05, 0) is 42.0 Å². The first-order valence-corrected chi connectivity index (χ1v) is 7.01. The lowest BCUT2D eigenvalue weighted by Gasteiger charge is -2.12. The molecule has 2 aromatic carbocycles. The van der Waals surface area contributed by atoms with E-state index in [1.807, 2.05) is 0 Å². The van der Waals surface area contributed by atoms with Gasteiger partial charge in [-0.3, -0.25) is 4.79 Å². The Kier molecular flexibility index (Phi) is 5.42. The van der Waals surface area contributed by atoms with Gasteiger partial charge in [0.25, 0.3) is 0 Å². The number of phenolic OH excluding ortho intramolecular Hbond substituents is 1. The molecule has 2 rings (SSSR count). The van der Waals surface area contributed by atoms with Crippen LogP contribution in [0.4, 0.5) is 4.39 Å². The highest BCUT2D eigenvalue weighted by atomic mass is 19.1. The minimum atomic E-state index is -0.600. The number of carbonyl (C=O) groups excluding carboxylic acids is 1. The molecule has 1 N–H and O–H groups in total. The third-order valence-electron chi connectivity index (χ3n) is 3.34. The first-order valence-electron chi connectivity index (χ1n) is 7.01. The Morgan fingerprint density at radius 2 is 1.67 bits per heavy atom. The molecule has 0 aliphatic heterocycles. The zero-order valence-corrected chi connectivity index (χ0v) is 13.5. The van der Waals surface area contributed by atoms with Crippen molar-refractivity contribution in [3.05, 3.63) is 53.4 Å². The van der Waals surface area contributed by atoms with Gasteiger partial charge in [-0.2, -0.15) is 0 Å². The van der Waals surface area contributed by atoms with Crippen LogP contribution in [-0.2, 0) is 0 Å². The first kappa shape index (κ1) is 17.3. The molecule has 24 heavy (non-hydrogen) atoms. The summed E-state index contributed by atoms with van der Waals surface area (Å²) in [6, 6.07) is 6.52. The highest BCUT2D eigenvalue weighted by molar-refractivity contribution is 6.08. The minimum Gasteiger partial charge on any atom is -0.507 e. The van der Waals surface area contributed by atoms with E-state index in [0.29, 0.717) is 22.8 Å². The lowest BCUT2D eigenvalue weighted by molar-refractivity contribution is 0.104. The number of rotatable bonds is 6. The summed E-state index contributed by atoms with van der Waals surface area (Å²) in [6.45, 7) is 0. The van der Waals surface area contributed by atoms with Crippen molar-refractivity contribution in [3.63, 3.8) is 0 Å². The molecule has 0 bridgehead atoms. The Labute approximate surface area is 138 Å². The van der Waals surface area contributed by atoms with Gasteiger partial charge < -0.3 is 19.3 Å². The molecule has 0 heterocycles. The molecule has 0 amide bonds. The van der Waals surface area contributed by atoms with Crippen LogP contribution in [-0.4, -0.2) is 32.2 Å². The van der Waals surface area contributed by atoms with Crippen molar-refractivity contribution in [2.75, 3.05) is 21.3 Å². The molecular weight excluding hydrogens is 315 g/mol. The topological polar surface area (TPSA) is 65.0 Å². The van der Waals surface area contributed by atoms with Crippen molar-refractivity contribution in [3.8, 4) is 23.0 Å². The summed E-state index contributed by atoms with van der Waals surface area (Å²) in [5.74, 6) is -0.0876. The number of phenols is 1. The van der Waals surface area contributed by atoms with Crippen molar-refractivity contribution >= 4 is 11.9 Å².